The minimum Gasteiger partial charge on any atom is -0.477 e. The average Bonchev–Trinajstić information content (AvgIpc) is 3.05. The molecule has 0 radical (unpaired) electrons. The quantitative estimate of drug-likeness (QED) is 0.615. The predicted octanol–water partition coefficient (Wildman–Crippen LogP) is 5.29. The fraction of sp³-hybridized carbons (Fsp3) is 0. The van der Waals surface area contributed by atoms with Crippen LogP contribution in [-0.2, 0) is 0 Å². The van der Waals surface area contributed by atoms with Crippen LogP contribution in [0, 0.1) is 0 Å². The van der Waals surface area contributed by atoms with Gasteiger partial charge in [-0.15, -0.1) is 11.3 Å². The molecule has 0 saturated carbocycles. The number of carboxylic acid groups (broad SMARTS) is 1. The van der Waals surface area contributed by atoms with Crippen LogP contribution < -0.4 is 0 Å². The van der Waals surface area contributed by atoms with E-state index in [0.29, 0.717) is 21.1 Å². The maximum Gasteiger partial charge on any atom is 0.348 e. The van der Waals surface area contributed by atoms with Crippen LogP contribution in [0.1, 0.15) is 9.67 Å². The van der Waals surface area contributed by atoms with Gasteiger partial charge in [0.05, 0.1) is 10.2 Å². The van der Waals surface area contributed by atoms with Crippen LogP contribution in [0.25, 0.3) is 22.0 Å². The molecule has 0 amide bonds. The van der Waals surface area contributed by atoms with Crippen molar-refractivity contribution in [2.75, 3.05) is 0 Å². The number of rotatable bonds is 3. The summed E-state index contributed by atoms with van der Waals surface area (Å²) in [6, 6.07) is 11.0. The van der Waals surface area contributed by atoms with Crippen LogP contribution >= 0.6 is 43.2 Å². The van der Waals surface area contributed by atoms with E-state index in [2.05, 4.69) is 36.8 Å². The van der Waals surface area contributed by atoms with Gasteiger partial charge in [-0.05, 0) is 31.9 Å². The first-order chi connectivity index (χ1) is 10.1. The molecule has 106 valence electrons. The number of hydrogen-bond donors (Lipinski definition) is 1. The van der Waals surface area contributed by atoms with Crippen molar-refractivity contribution in [3.05, 3.63) is 50.4 Å². The van der Waals surface area contributed by atoms with Crippen LogP contribution in [0.5, 0.6) is 0 Å². The molecule has 4 nitrogen and oxygen atoms in total. The second-order valence-corrected chi connectivity index (χ2v) is 6.67. The molecule has 3 rings (SSSR count). The molecule has 0 saturated heterocycles. The SMILES string of the molecule is O=C(O)c1sc(-c2cc(Br)c(Br)o2)nc1-c1ccccc1. The van der Waals surface area contributed by atoms with Gasteiger partial charge in [-0.2, -0.15) is 0 Å². The summed E-state index contributed by atoms with van der Waals surface area (Å²) in [6.07, 6.45) is 0. The molecule has 0 fully saturated rings. The van der Waals surface area contributed by atoms with E-state index in [1.807, 2.05) is 30.3 Å². The molecule has 0 unspecified atom stereocenters. The number of furan rings is 1. The summed E-state index contributed by atoms with van der Waals surface area (Å²) in [7, 11) is 0. The number of aromatic nitrogens is 1. The summed E-state index contributed by atoms with van der Waals surface area (Å²) in [5, 5.41) is 9.89. The van der Waals surface area contributed by atoms with Crippen molar-refractivity contribution >= 4 is 49.2 Å². The first-order valence-corrected chi connectivity index (χ1v) is 8.21. The van der Waals surface area contributed by atoms with Crippen LogP contribution in [0.3, 0.4) is 0 Å². The van der Waals surface area contributed by atoms with Gasteiger partial charge in [-0.3, -0.25) is 0 Å². The van der Waals surface area contributed by atoms with Crippen LogP contribution in [0.4, 0.5) is 0 Å². The highest BCUT2D eigenvalue weighted by Gasteiger charge is 2.21. The van der Waals surface area contributed by atoms with Crippen molar-refractivity contribution < 1.29 is 14.3 Å². The second kappa shape index (κ2) is 5.75. The van der Waals surface area contributed by atoms with Gasteiger partial charge < -0.3 is 9.52 Å². The number of carbonyl (C=O) groups is 1. The van der Waals surface area contributed by atoms with Gasteiger partial charge in [0.1, 0.15) is 4.88 Å². The predicted molar refractivity (Wildman–Crippen MR) is 87.6 cm³/mol. The number of halogens is 2. The Morgan fingerprint density at radius 2 is 1.95 bits per heavy atom. The number of carboxylic acids is 1. The topological polar surface area (TPSA) is 63.3 Å². The fourth-order valence-corrected chi connectivity index (χ4v) is 3.27. The molecule has 0 aliphatic heterocycles. The Bertz CT molecular complexity index is 791. The molecular weight excluding hydrogens is 422 g/mol. The number of benzene rings is 1. The molecule has 2 heterocycles. The Morgan fingerprint density at radius 3 is 2.52 bits per heavy atom. The first kappa shape index (κ1) is 14.5. The van der Waals surface area contributed by atoms with Gasteiger partial charge in [0.25, 0.3) is 0 Å². The third-order valence-electron chi connectivity index (χ3n) is 2.72. The van der Waals surface area contributed by atoms with Crippen molar-refractivity contribution in [2.45, 2.75) is 0 Å². The Balaban J connectivity index is 2.15. The summed E-state index contributed by atoms with van der Waals surface area (Å²) in [6.45, 7) is 0. The Kier molecular flexibility index (Phi) is 3.97. The normalized spacial score (nSPS) is 10.8. The molecule has 1 N–H and O–H groups in total. The van der Waals surface area contributed by atoms with E-state index in [1.165, 1.54) is 0 Å². The Labute approximate surface area is 140 Å². The van der Waals surface area contributed by atoms with Gasteiger partial charge in [-0.25, -0.2) is 9.78 Å². The lowest BCUT2D eigenvalue weighted by Crippen LogP contribution is -1.95. The largest absolute Gasteiger partial charge is 0.477 e. The van der Waals surface area contributed by atoms with Crippen molar-refractivity contribution in [3.63, 3.8) is 0 Å². The molecule has 1 aromatic carbocycles. The molecule has 0 aliphatic carbocycles. The summed E-state index contributed by atoms with van der Waals surface area (Å²) < 4.78 is 6.81. The maximum atomic E-state index is 11.4. The number of aromatic carboxylic acids is 1. The minimum absolute atomic E-state index is 0.194. The maximum absolute atomic E-state index is 11.4. The number of hydrogen-bond acceptors (Lipinski definition) is 4. The molecule has 0 atom stereocenters. The van der Waals surface area contributed by atoms with E-state index in [9.17, 15) is 9.90 Å². The van der Waals surface area contributed by atoms with Crippen molar-refractivity contribution in [2.24, 2.45) is 0 Å². The third kappa shape index (κ3) is 2.81. The Hall–Kier alpha value is -1.44. The molecule has 3 aromatic rings. The number of nitrogens with zero attached hydrogens (tertiary/aromatic N) is 1. The highest BCUT2D eigenvalue weighted by Crippen LogP contribution is 2.38. The Morgan fingerprint density at radius 1 is 1.24 bits per heavy atom. The molecular formula is C14H7Br2NO3S. The standard InChI is InChI=1S/C14H7Br2NO3S/c15-8-6-9(20-12(8)16)13-17-10(11(21-13)14(18)19)7-4-2-1-3-5-7/h1-6H,(H,18,19). The third-order valence-corrected chi connectivity index (χ3v) is 5.49. The van der Waals surface area contributed by atoms with E-state index in [-0.39, 0.29) is 4.88 Å². The molecule has 0 aliphatic rings. The molecule has 21 heavy (non-hydrogen) atoms. The zero-order valence-corrected chi connectivity index (χ0v) is 14.3. The first-order valence-electron chi connectivity index (χ1n) is 5.81. The van der Waals surface area contributed by atoms with E-state index < -0.39 is 5.97 Å². The molecule has 0 bridgehead atoms. The smallest absolute Gasteiger partial charge is 0.348 e. The second-order valence-electron chi connectivity index (χ2n) is 4.10. The lowest BCUT2D eigenvalue weighted by atomic mass is 10.1. The summed E-state index contributed by atoms with van der Waals surface area (Å²) in [4.78, 5) is 16.1. The van der Waals surface area contributed by atoms with E-state index in [0.717, 1.165) is 21.4 Å². The summed E-state index contributed by atoms with van der Waals surface area (Å²) in [5.41, 5.74) is 1.22. The van der Waals surface area contributed by atoms with E-state index in [1.54, 1.807) is 6.07 Å². The van der Waals surface area contributed by atoms with Gasteiger partial charge in [-0.1, -0.05) is 30.3 Å². The highest BCUT2D eigenvalue weighted by molar-refractivity contribution is 9.13. The summed E-state index contributed by atoms with van der Waals surface area (Å²) >= 11 is 7.68. The van der Waals surface area contributed by atoms with Crippen LogP contribution in [-0.4, -0.2) is 16.1 Å². The monoisotopic (exact) mass is 427 g/mol. The molecule has 2 aromatic heterocycles. The lowest BCUT2D eigenvalue weighted by Gasteiger charge is -1.97. The van der Waals surface area contributed by atoms with Crippen LogP contribution in [0.2, 0.25) is 0 Å². The minimum atomic E-state index is -0.998. The molecule has 7 heteroatoms. The van der Waals surface area contributed by atoms with Gasteiger partial charge in [0.15, 0.2) is 15.4 Å². The van der Waals surface area contributed by atoms with E-state index >= 15 is 0 Å². The van der Waals surface area contributed by atoms with Crippen molar-refractivity contribution in [1.82, 2.24) is 4.98 Å². The zero-order chi connectivity index (χ0) is 15.0. The highest BCUT2D eigenvalue weighted by atomic mass is 79.9. The van der Waals surface area contributed by atoms with Gasteiger partial charge in [0.2, 0.25) is 0 Å². The zero-order valence-electron chi connectivity index (χ0n) is 10.3. The van der Waals surface area contributed by atoms with Crippen LogP contribution in [0.15, 0.2) is 50.0 Å². The number of thiazole rings is 1. The lowest BCUT2D eigenvalue weighted by molar-refractivity contribution is 0.0702. The summed E-state index contributed by atoms with van der Waals surface area (Å²) in [5.74, 6) is -0.481. The van der Waals surface area contributed by atoms with Gasteiger partial charge >= 0.3 is 5.97 Å². The van der Waals surface area contributed by atoms with E-state index in [4.69, 9.17) is 4.42 Å². The van der Waals surface area contributed by atoms with Crippen molar-refractivity contribution in [1.29, 1.82) is 0 Å². The molecule has 0 spiro atoms. The van der Waals surface area contributed by atoms with Crippen molar-refractivity contribution in [3.8, 4) is 22.0 Å². The fourth-order valence-electron chi connectivity index (χ4n) is 1.81. The van der Waals surface area contributed by atoms with Gasteiger partial charge in [0, 0.05) is 11.6 Å². The average molecular weight is 429 g/mol.